The van der Waals surface area contributed by atoms with Gasteiger partial charge in [0.1, 0.15) is 13.2 Å². The molecule has 6 heterocycles. The van der Waals surface area contributed by atoms with Gasteiger partial charge in [-0.25, -0.2) is 18.7 Å². The summed E-state index contributed by atoms with van der Waals surface area (Å²) < 4.78 is 19.8. The number of benzene rings is 8. The Morgan fingerprint density at radius 2 is 0.675 bits per heavy atom. The van der Waals surface area contributed by atoms with Gasteiger partial charge >= 0.3 is 12.2 Å². The Labute approximate surface area is 467 Å². The average molecular weight is 1110 g/mol. The van der Waals surface area contributed by atoms with Crippen LogP contribution < -0.4 is 0 Å². The van der Waals surface area contributed by atoms with Crippen LogP contribution in [0.1, 0.15) is 62.3 Å². The summed E-state index contributed by atoms with van der Waals surface area (Å²) in [6.07, 6.45) is 1.99. The van der Waals surface area contributed by atoms with Crippen molar-refractivity contribution in [1.29, 1.82) is 0 Å². The molecule has 0 saturated carbocycles. The molecule has 2 aliphatic rings. The molecule has 0 saturated heterocycles. The zero-order chi connectivity index (χ0) is 53.7. The molecular weight excluding hydrogens is 1080 g/mol. The van der Waals surface area contributed by atoms with Gasteiger partial charge < -0.3 is 9.47 Å². The molecule has 6 aromatic heterocycles. The largest absolute Gasteiger partial charge is 0.444 e. The number of aromatic nitrogens is 2. The number of thiophene rings is 4. The molecule has 0 unspecified atom stereocenters. The minimum Gasteiger partial charge on any atom is -0.444 e. The lowest BCUT2D eigenvalue weighted by Crippen LogP contribution is -2.13. The second kappa shape index (κ2) is 17.5. The van der Waals surface area contributed by atoms with E-state index >= 15 is 0 Å². The van der Waals surface area contributed by atoms with Crippen LogP contribution >= 0.6 is 45.3 Å². The van der Waals surface area contributed by atoms with Crippen LogP contribution in [0.3, 0.4) is 0 Å². The van der Waals surface area contributed by atoms with Crippen molar-refractivity contribution in [3.8, 4) is 0 Å². The van der Waals surface area contributed by atoms with Crippen molar-refractivity contribution in [2.75, 3.05) is 0 Å². The van der Waals surface area contributed by atoms with Gasteiger partial charge in [0.2, 0.25) is 0 Å². The Morgan fingerprint density at radius 3 is 1.01 bits per heavy atom. The van der Waals surface area contributed by atoms with E-state index in [1.165, 1.54) is 45.3 Å². The van der Waals surface area contributed by atoms with Crippen molar-refractivity contribution >= 4 is 186 Å². The minimum absolute atomic E-state index is 0.00270. The maximum absolute atomic E-state index is 14.7. The van der Waals surface area contributed by atoms with Crippen LogP contribution in [0.2, 0.25) is 0 Å². The lowest BCUT2D eigenvalue weighted by molar-refractivity contribution is 0.0975. The first kappa shape index (κ1) is 46.6. The van der Waals surface area contributed by atoms with Gasteiger partial charge in [-0.2, -0.15) is 0 Å². The number of carbonyl (C=O) groups excluding carboxylic acids is 6. The van der Waals surface area contributed by atoms with Gasteiger partial charge in [-0.05, 0) is 127 Å². The molecule has 14 aromatic rings. The number of hydrogen-bond donors (Lipinski definition) is 0. The predicted molar refractivity (Wildman–Crippen MR) is 322 cm³/mol. The van der Waals surface area contributed by atoms with Crippen LogP contribution in [0.4, 0.5) is 9.59 Å². The van der Waals surface area contributed by atoms with Crippen molar-refractivity contribution in [2.24, 2.45) is 0 Å². The van der Waals surface area contributed by atoms with E-state index in [1.54, 1.807) is 45.6 Å². The minimum atomic E-state index is -0.628. The second-order valence-corrected chi connectivity index (χ2v) is 24.2. The fraction of sp³-hybridized carbons (Fsp3) is 0.0303. The van der Waals surface area contributed by atoms with Crippen LogP contribution in [-0.4, -0.2) is 44.5 Å². The SMILES string of the molecule is O=C1C(=Cc2cc3c(s2)c2sc4c(sc5c6sc(C=C7C(=O)c8cc9cc%10ccccc%10cc9cc8C7=O)cc6n(C(=O)OCc6ccccc6)c54)c2n3C(=O)OCc2ccccc2)C(=O)c2cc3cc4ccccc4cc3cc21. The molecule has 0 aliphatic heterocycles. The Balaban J connectivity index is 0.839. The summed E-state index contributed by atoms with van der Waals surface area (Å²) in [5.74, 6) is -1.44. The quantitative estimate of drug-likeness (QED) is 0.0914. The van der Waals surface area contributed by atoms with E-state index in [0.29, 0.717) is 54.1 Å². The van der Waals surface area contributed by atoms with E-state index in [-0.39, 0.29) is 47.5 Å². The van der Waals surface area contributed by atoms with Crippen molar-refractivity contribution in [3.05, 3.63) is 224 Å². The molecule has 0 radical (unpaired) electrons. The number of hydrogen-bond acceptors (Lipinski definition) is 12. The molecule has 0 bridgehead atoms. The van der Waals surface area contributed by atoms with Crippen LogP contribution in [-0.2, 0) is 22.7 Å². The number of Topliss-reactive ketones (excluding diaryl/α,β-unsaturated/α-hetero) is 4. The van der Waals surface area contributed by atoms with Crippen LogP contribution in [0, 0.1) is 0 Å². The molecule has 14 heteroatoms. The van der Waals surface area contributed by atoms with E-state index in [0.717, 1.165) is 82.4 Å². The summed E-state index contributed by atoms with van der Waals surface area (Å²) in [7, 11) is 0. The Hall–Kier alpha value is -9.44. The van der Waals surface area contributed by atoms with Crippen LogP contribution in [0.25, 0.3) is 106 Å². The summed E-state index contributed by atoms with van der Waals surface area (Å²) in [6.45, 7) is 0.00539. The highest BCUT2D eigenvalue weighted by Crippen LogP contribution is 2.53. The smallest absolute Gasteiger partial charge is 0.419 e. The predicted octanol–water partition coefficient (Wildman–Crippen LogP) is 17.2. The van der Waals surface area contributed by atoms with Crippen molar-refractivity contribution in [3.63, 3.8) is 0 Å². The summed E-state index contributed by atoms with van der Waals surface area (Å²) in [6, 6.07) is 53.7. The number of ether oxygens (including phenoxy) is 2. The number of rotatable bonds is 6. The maximum Gasteiger partial charge on any atom is 0.419 e. The molecule has 0 atom stereocenters. The third-order valence-electron chi connectivity index (χ3n) is 15.3. The standard InChI is InChI=1S/C66H34N2O8S4/c69-55-45-23-39-19-35-15-7-8-16-36(35)20-40(39)24-46(45)56(70)49(55)27-43-29-51-59(77-43)61-53(67(51)65(73)75-31-33-11-3-1-4-12-33)63-64(79-61)54-62(80-63)60-52(68(54)66(74)76-32-34-13-5-2-6-14-34)30-44(78-60)28-50-57(71)47-25-41-21-37-17-9-10-18-38(37)22-42(41)26-48(47)58(50)72/h1-30H,31-32H2. The first-order chi connectivity index (χ1) is 39.1. The van der Waals surface area contributed by atoms with Crippen molar-refractivity contribution in [1.82, 2.24) is 9.13 Å². The zero-order valence-corrected chi connectivity index (χ0v) is 44.8. The van der Waals surface area contributed by atoms with E-state index in [1.807, 2.05) is 146 Å². The summed E-state index contributed by atoms with van der Waals surface area (Å²) in [5, 5.41) is 7.59. The molecule has 2 aliphatic carbocycles. The highest BCUT2D eigenvalue weighted by Gasteiger charge is 2.37. The molecule has 16 rings (SSSR count). The maximum atomic E-state index is 14.7. The highest BCUT2D eigenvalue weighted by atomic mass is 32.1. The molecule has 10 nitrogen and oxygen atoms in total. The number of carbonyl (C=O) groups is 6. The molecule has 0 fully saturated rings. The van der Waals surface area contributed by atoms with E-state index in [4.69, 9.17) is 9.47 Å². The van der Waals surface area contributed by atoms with Crippen molar-refractivity contribution < 1.29 is 38.2 Å². The highest BCUT2D eigenvalue weighted by molar-refractivity contribution is 7.40. The monoisotopic (exact) mass is 1110 g/mol. The second-order valence-electron chi connectivity index (χ2n) is 20.0. The molecular formula is C66H34N2O8S4. The zero-order valence-electron chi connectivity index (χ0n) is 41.5. The fourth-order valence-electron chi connectivity index (χ4n) is 11.5. The Morgan fingerprint density at radius 1 is 0.362 bits per heavy atom. The Kier molecular flexibility index (Phi) is 10.2. The number of fused-ring (bicyclic) bond motifs is 15. The normalized spacial score (nSPS) is 13.5. The average Bonchev–Trinajstić information content (AvgIpc) is 4.54. The Bertz CT molecular complexity index is 4780. The lowest BCUT2D eigenvalue weighted by atomic mass is 9.99. The third kappa shape index (κ3) is 7.06. The summed E-state index contributed by atoms with van der Waals surface area (Å²) in [5.41, 5.74) is 5.38. The van der Waals surface area contributed by atoms with Gasteiger partial charge in [-0.15, -0.1) is 45.3 Å². The van der Waals surface area contributed by atoms with Crippen molar-refractivity contribution in [2.45, 2.75) is 13.2 Å². The van der Waals surface area contributed by atoms with E-state index in [9.17, 15) is 28.8 Å². The van der Waals surface area contributed by atoms with Crippen LogP contribution in [0.15, 0.2) is 181 Å². The van der Waals surface area contributed by atoms with E-state index < -0.39 is 12.2 Å². The van der Waals surface area contributed by atoms with Gasteiger partial charge in [0.05, 0.1) is 61.4 Å². The number of ketones is 4. The lowest BCUT2D eigenvalue weighted by Gasteiger charge is -2.07. The summed E-state index contributed by atoms with van der Waals surface area (Å²) >= 11 is 5.59. The van der Waals surface area contributed by atoms with Gasteiger partial charge in [0.15, 0.2) is 23.1 Å². The van der Waals surface area contributed by atoms with Gasteiger partial charge in [-0.1, -0.05) is 109 Å². The topological polar surface area (TPSA) is 131 Å². The number of allylic oxidation sites excluding steroid dienone is 2. The molecule has 380 valence electrons. The first-order valence-corrected chi connectivity index (χ1v) is 28.8. The van der Waals surface area contributed by atoms with Gasteiger partial charge in [0, 0.05) is 32.0 Å². The number of nitrogens with zero attached hydrogens (tertiary/aromatic N) is 2. The van der Waals surface area contributed by atoms with Gasteiger partial charge in [-0.3, -0.25) is 19.2 Å². The summed E-state index contributed by atoms with van der Waals surface area (Å²) in [4.78, 5) is 87.4. The molecule has 0 amide bonds. The molecule has 0 N–H and O–H groups in total. The van der Waals surface area contributed by atoms with E-state index in [2.05, 4.69) is 0 Å². The third-order valence-corrected chi connectivity index (χ3v) is 20.2. The van der Waals surface area contributed by atoms with Crippen LogP contribution in [0.5, 0.6) is 0 Å². The molecule has 8 aromatic carbocycles. The molecule has 80 heavy (non-hydrogen) atoms. The fourth-order valence-corrected chi connectivity index (χ4v) is 16.8. The first-order valence-electron chi connectivity index (χ1n) is 25.5. The van der Waals surface area contributed by atoms with Gasteiger partial charge in [0.25, 0.3) is 0 Å². The molecule has 0 spiro atoms.